The standard InChI is InChI=1S/C39H26N4/c1-4-14-27(15-5-1)31-25-24-30(26-36(31)43-34-22-12-10-20-32(34)33-21-11-13-23-35(33)43)39-41-37(28-16-6-2-7-17-28)40-38(42-39)29-18-8-3-9-19-29/h1-26H/i1D,4D,5D,14D,15D. The van der Waals surface area contributed by atoms with E-state index >= 15 is 0 Å². The van der Waals surface area contributed by atoms with Gasteiger partial charge in [-0.15, -0.1) is 0 Å². The lowest BCUT2D eigenvalue weighted by Crippen LogP contribution is -2.02. The van der Waals surface area contributed by atoms with Gasteiger partial charge in [-0.1, -0.05) is 139 Å². The van der Waals surface area contributed by atoms with Gasteiger partial charge in [0.1, 0.15) is 0 Å². The molecule has 0 N–H and O–H groups in total. The number of hydrogen-bond acceptors (Lipinski definition) is 3. The molecular formula is C39H26N4. The fourth-order valence-electron chi connectivity index (χ4n) is 5.57. The first kappa shape index (κ1) is 20.1. The first-order chi connectivity index (χ1) is 23.4. The molecule has 0 fully saturated rings. The van der Waals surface area contributed by atoms with Crippen molar-refractivity contribution in [2.24, 2.45) is 0 Å². The monoisotopic (exact) mass is 555 g/mol. The number of fused-ring (bicyclic) bond motifs is 3. The molecule has 0 aliphatic rings. The van der Waals surface area contributed by atoms with Crippen molar-refractivity contribution in [3.05, 3.63) is 158 Å². The molecule has 0 saturated carbocycles. The Labute approximate surface area is 256 Å². The van der Waals surface area contributed by atoms with E-state index in [-0.39, 0.29) is 29.7 Å². The lowest BCUT2D eigenvalue weighted by Gasteiger charge is -2.16. The van der Waals surface area contributed by atoms with E-state index in [9.17, 15) is 0 Å². The van der Waals surface area contributed by atoms with Gasteiger partial charge in [0.2, 0.25) is 0 Å². The zero-order valence-corrected chi connectivity index (χ0v) is 22.9. The highest BCUT2D eigenvalue weighted by Crippen LogP contribution is 2.38. The number of para-hydroxylation sites is 2. The molecule has 0 aliphatic heterocycles. The summed E-state index contributed by atoms with van der Waals surface area (Å²) < 4.78 is 44.9. The van der Waals surface area contributed by atoms with Crippen molar-refractivity contribution in [2.75, 3.05) is 0 Å². The molecule has 4 heteroatoms. The predicted molar refractivity (Wildman–Crippen MR) is 176 cm³/mol. The largest absolute Gasteiger partial charge is 0.309 e. The summed E-state index contributed by atoms with van der Waals surface area (Å²) >= 11 is 0. The summed E-state index contributed by atoms with van der Waals surface area (Å²) in [6.45, 7) is 0. The van der Waals surface area contributed by atoms with Crippen molar-refractivity contribution in [1.82, 2.24) is 19.5 Å². The maximum atomic E-state index is 8.87. The average Bonchev–Trinajstić information content (AvgIpc) is 3.48. The molecule has 0 saturated heterocycles. The molecule has 0 spiro atoms. The molecule has 8 rings (SSSR count). The molecule has 202 valence electrons. The lowest BCUT2D eigenvalue weighted by molar-refractivity contribution is 1.07. The highest BCUT2D eigenvalue weighted by Gasteiger charge is 2.18. The second kappa shape index (κ2) is 10.5. The summed E-state index contributed by atoms with van der Waals surface area (Å²) in [7, 11) is 0. The maximum Gasteiger partial charge on any atom is 0.164 e. The van der Waals surface area contributed by atoms with Crippen LogP contribution in [0.15, 0.2) is 158 Å². The summed E-state index contributed by atoms with van der Waals surface area (Å²) in [6.07, 6.45) is 0. The SMILES string of the molecule is [2H]c1c([2H])c([2H])c(-c2ccc(-c3nc(-c4ccccc4)nc(-c4ccccc4)n3)cc2-n2c3ccccc3c3ccccc32)c([2H])c1[2H]. The van der Waals surface area contributed by atoms with E-state index in [4.69, 9.17) is 21.8 Å². The highest BCUT2D eigenvalue weighted by atomic mass is 15.0. The molecule has 2 aromatic heterocycles. The molecule has 8 aromatic rings. The zero-order chi connectivity index (χ0) is 32.9. The van der Waals surface area contributed by atoms with E-state index in [2.05, 4.69) is 16.7 Å². The van der Waals surface area contributed by atoms with Crippen LogP contribution in [0.2, 0.25) is 0 Å². The minimum atomic E-state index is -0.434. The molecule has 4 nitrogen and oxygen atoms in total. The smallest absolute Gasteiger partial charge is 0.164 e. The Kier molecular flexibility index (Phi) is 4.91. The van der Waals surface area contributed by atoms with Gasteiger partial charge >= 0.3 is 0 Å². The molecule has 0 radical (unpaired) electrons. The van der Waals surface area contributed by atoms with Crippen LogP contribution in [-0.2, 0) is 0 Å². The van der Waals surface area contributed by atoms with Gasteiger partial charge in [-0.3, -0.25) is 0 Å². The Hall–Kier alpha value is -5.87. The summed E-state index contributed by atoms with van der Waals surface area (Å²) in [6, 6.07) is 39.4. The van der Waals surface area contributed by atoms with Crippen molar-refractivity contribution < 1.29 is 6.85 Å². The third-order valence-corrected chi connectivity index (χ3v) is 7.55. The van der Waals surface area contributed by atoms with Crippen molar-refractivity contribution in [3.8, 4) is 51.0 Å². The minimum absolute atomic E-state index is 0.120. The minimum Gasteiger partial charge on any atom is -0.309 e. The zero-order valence-electron chi connectivity index (χ0n) is 27.9. The van der Waals surface area contributed by atoms with Crippen LogP contribution in [0.4, 0.5) is 0 Å². The van der Waals surface area contributed by atoms with Crippen LogP contribution < -0.4 is 0 Å². The Morgan fingerprint density at radius 1 is 0.442 bits per heavy atom. The van der Waals surface area contributed by atoms with Gasteiger partial charge in [0.25, 0.3) is 0 Å². The average molecular weight is 556 g/mol. The molecule has 2 heterocycles. The normalized spacial score (nSPS) is 12.9. The number of nitrogens with zero attached hydrogens (tertiary/aromatic N) is 4. The van der Waals surface area contributed by atoms with Gasteiger partial charge in [-0.25, -0.2) is 15.0 Å². The molecule has 0 amide bonds. The first-order valence-corrected chi connectivity index (χ1v) is 14.0. The van der Waals surface area contributed by atoms with E-state index in [1.165, 1.54) is 0 Å². The fraction of sp³-hybridized carbons (Fsp3) is 0. The molecule has 0 bridgehead atoms. The van der Waals surface area contributed by atoms with Gasteiger partial charge in [-0.05, 0) is 23.8 Å². The Balaban J connectivity index is 1.46. The van der Waals surface area contributed by atoms with Gasteiger partial charge in [-0.2, -0.15) is 0 Å². The Bertz CT molecular complexity index is 2370. The molecular weight excluding hydrogens is 524 g/mol. The number of rotatable bonds is 5. The second-order valence-corrected chi connectivity index (χ2v) is 10.1. The molecule has 0 atom stereocenters. The van der Waals surface area contributed by atoms with Crippen LogP contribution >= 0.6 is 0 Å². The van der Waals surface area contributed by atoms with Crippen molar-refractivity contribution in [3.63, 3.8) is 0 Å². The highest BCUT2D eigenvalue weighted by molar-refractivity contribution is 6.09. The van der Waals surface area contributed by atoms with E-state index in [0.717, 1.165) is 32.9 Å². The van der Waals surface area contributed by atoms with Gasteiger partial charge in [0.15, 0.2) is 17.5 Å². The van der Waals surface area contributed by atoms with Crippen LogP contribution in [-0.4, -0.2) is 19.5 Å². The summed E-state index contributed by atoms with van der Waals surface area (Å²) in [5.74, 6) is 1.48. The van der Waals surface area contributed by atoms with E-state index in [1.54, 1.807) is 6.07 Å². The first-order valence-electron chi connectivity index (χ1n) is 16.5. The number of benzene rings is 6. The molecule has 6 aromatic carbocycles. The summed E-state index contributed by atoms with van der Waals surface area (Å²) in [4.78, 5) is 14.7. The van der Waals surface area contributed by atoms with Crippen molar-refractivity contribution in [1.29, 1.82) is 0 Å². The third kappa shape index (κ3) is 4.46. The maximum absolute atomic E-state index is 8.87. The third-order valence-electron chi connectivity index (χ3n) is 7.55. The van der Waals surface area contributed by atoms with Crippen LogP contribution in [0.5, 0.6) is 0 Å². The fourth-order valence-corrected chi connectivity index (χ4v) is 5.57. The van der Waals surface area contributed by atoms with Crippen LogP contribution in [0, 0.1) is 0 Å². The van der Waals surface area contributed by atoms with Crippen molar-refractivity contribution >= 4 is 21.8 Å². The van der Waals surface area contributed by atoms with E-state index in [1.807, 2.05) is 109 Å². The Morgan fingerprint density at radius 2 is 0.930 bits per heavy atom. The quantitative estimate of drug-likeness (QED) is 0.212. The van der Waals surface area contributed by atoms with Gasteiger partial charge in [0, 0.05) is 33.0 Å². The van der Waals surface area contributed by atoms with Crippen molar-refractivity contribution in [2.45, 2.75) is 0 Å². The topological polar surface area (TPSA) is 43.6 Å². The lowest BCUT2D eigenvalue weighted by atomic mass is 10.0. The van der Waals surface area contributed by atoms with Crippen LogP contribution in [0.3, 0.4) is 0 Å². The Morgan fingerprint density at radius 3 is 1.49 bits per heavy atom. The summed E-state index contributed by atoms with van der Waals surface area (Å²) in [5, 5.41) is 2.06. The summed E-state index contributed by atoms with van der Waals surface area (Å²) in [5.41, 5.74) is 5.43. The predicted octanol–water partition coefficient (Wildman–Crippen LogP) is 9.64. The molecule has 0 unspecified atom stereocenters. The van der Waals surface area contributed by atoms with Gasteiger partial charge < -0.3 is 4.57 Å². The second-order valence-electron chi connectivity index (χ2n) is 10.1. The molecule has 43 heavy (non-hydrogen) atoms. The van der Waals surface area contributed by atoms with Crippen LogP contribution in [0.1, 0.15) is 6.85 Å². The number of hydrogen-bond donors (Lipinski definition) is 0. The van der Waals surface area contributed by atoms with Gasteiger partial charge in [0.05, 0.1) is 23.6 Å². The molecule has 0 aliphatic carbocycles. The van der Waals surface area contributed by atoms with E-state index < -0.39 is 6.04 Å². The number of aromatic nitrogens is 4. The van der Waals surface area contributed by atoms with Crippen LogP contribution in [0.25, 0.3) is 72.8 Å². The van der Waals surface area contributed by atoms with E-state index in [0.29, 0.717) is 34.3 Å².